The van der Waals surface area contributed by atoms with E-state index < -0.39 is 24.2 Å². The third-order valence-corrected chi connectivity index (χ3v) is 1.70. The molecule has 0 atom stereocenters. The molecule has 8 nitrogen and oxygen atoms in total. The molecule has 0 aromatic rings. The summed E-state index contributed by atoms with van der Waals surface area (Å²) in [4.78, 5) is 43.7. The fraction of sp³-hybridized carbons (Fsp3) is 0.556. The van der Waals surface area contributed by atoms with Crippen molar-refractivity contribution in [2.75, 3.05) is 27.2 Å². The number of likely N-dealkylation sites (N-methyl/N-ethyl adjacent to an activating group) is 1. The van der Waals surface area contributed by atoms with E-state index in [4.69, 9.17) is 0 Å². The van der Waals surface area contributed by atoms with E-state index in [0.29, 0.717) is 0 Å². The van der Waals surface area contributed by atoms with Gasteiger partial charge in [0.2, 0.25) is 17.7 Å². The van der Waals surface area contributed by atoms with Crippen LogP contribution in [0.4, 0.5) is 0 Å². The van der Waals surface area contributed by atoms with Gasteiger partial charge >= 0.3 is 5.97 Å². The number of carbonyl (C=O) groups excluding carboxylic acids is 4. The van der Waals surface area contributed by atoms with Crippen LogP contribution in [0.2, 0.25) is 0 Å². The molecule has 0 spiro atoms. The number of nitrogens with one attached hydrogen (secondary N) is 3. The Bertz CT molecular complexity index is 286. The number of methoxy groups -OCH3 is 1. The Morgan fingerprint density at radius 1 is 0.941 bits per heavy atom. The molecular weight excluding hydrogens is 230 g/mol. The van der Waals surface area contributed by atoms with Gasteiger partial charge in [-0.25, -0.2) is 0 Å². The second-order valence-electron chi connectivity index (χ2n) is 2.98. The molecule has 8 heteroatoms. The number of esters is 1. The first-order valence-corrected chi connectivity index (χ1v) is 4.80. The molecular formula is C9H15N3O5. The smallest absolute Gasteiger partial charge is 0.325 e. The Hall–Kier alpha value is -2.12. The van der Waals surface area contributed by atoms with Crippen LogP contribution in [-0.2, 0) is 23.9 Å². The van der Waals surface area contributed by atoms with Crippen LogP contribution in [0.15, 0.2) is 0 Å². The van der Waals surface area contributed by atoms with Crippen LogP contribution in [0.25, 0.3) is 0 Å². The lowest BCUT2D eigenvalue weighted by Crippen LogP contribution is -2.38. The van der Waals surface area contributed by atoms with Crippen LogP contribution >= 0.6 is 0 Å². The van der Waals surface area contributed by atoms with Crippen LogP contribution in [0.1, 0.15) is 6.42 Å². The largest absolute Gasteiger partial charge is 0.468 e. The van der Waals surface area contributed by atoms with Crippen molar-refractivity contribution in [1.29, 1.82) is 0 Å². The molecule has 0 heterocycles. The molecule has 0 fully saturated rings. The van der Waals surface area contributed by atoms with Gasteiger partial charge in [0.15, 0.2) is 0 Å². The molecule has 0 saturated carbocycles. The van der Waals surface area contributed by atoms with Crippen molar-refractivity contribution in [1.82, 2.24) is 16.0 Å². The highest BCUT2D eigenvalue weighted by molar-refractivity contribution is 5.98. The lowest BCUT2D eigenvalue weighted by atomic mass is 10.3. The van der Waals surface area contributed by atoms with E-state index in [1.807, 2.05) is 0 Å². The monoisotopic (exact) mass is 245 g/mol. The molecule has 0 unspecified atom stereocenters. The van der Waals surface area contributed by atoms with Gasteiger partial charge < -0.3 is 20.7 Å². The van der Waals surface area contributed by atoms with E-state index in [-0.39, 0.29) is 19.0 Å². The van der Waals surface area contributed by atoms with Gasteiger partial charge in [0.25, 0.3) is 0 Å². The van der Waals surface area contributed by atoms with Gasteiger partial charge in [0.1, 0.15) is 13.0 Å². The van der Waals surface area contributed by atoms with Crippen molar-refractivity contribution in [2.45, 2.75) is 6.42 Å². The number of ether oxygens (including phenoxy) is 1. The highest BCUT2D eigenvalue weighted by atomic mass is 16.5. The van der Waals surface area contributed by atoms with E-state index in [9.17, 15) is 19.2 Å². The summed E-state index contributed by atoms with van der Waals surface area (Å²) in [7, 11) is 2.61. The van der Waals surface area contributed by atoms with Crippen LogP contribution in [0, 0.1) is 0 Å². The number of rotatable bonds is 6. The van der Waals surface area contributed by atoms with E-state index in [1.165, 1.54) is 14.2 Å². The van der Waals surface area contributed by atoms with Gasteiger partial charge in [-0.2, -0.15) is 0 Å². The van der Waals surface area contributed by atoms with Crippen molar-refractivity contribution in [3.8, 4) is 0 Å². The van der Waals surface area contributed by atoms with Crippen molar-refractivity contribution >= 4 is 23.7 Å². The molecule has 3 N–H and O–H groups in total. The zero-order valence-corrected chi connectivity index (χ0v) is 9.66. The van der Waals surface area contributed by atoms with E-state index in [0.717, 1.165) is 0 Å². The molecule has 96 valence electrons. The molecule has 0 aromatic heterocycles. The van der Waals surface area contributed by atoms with Gasteiger partial charge in [-0.15, -0.1) is 0 Å². The predicted octanol–water partition coefficient (Wildman–Crippen LogP) is -2.47. The van der Waals surface area contributed by atoms with Crippen LogP contribution in [0.5, 0.6) is 0 Å². The average Bonchev–Trinajstić information content (AvgIpc) is 2.32. The Kier molecular flexibility index (Phi) is 7.07. The Labute approximate surface area is 98.1 Å². The average molecular weight is 245 g/mol. The standard InChI is InChI=1S/C9H15N3O5/c1-10-8(15)4-11-6(13)3-7(14)12-5-9(16)17-2/h3-5H2,1-2H3,(H,10,15)(H,11,13)(H,12,14). The van der Waals surface area contributed by atoms with Crippen LogP contribution < -0.4 is 16.0 Å². The molecule has 0 rings (SSSR count). The van der Waals surface area contributed by atoms with Gasteiger partial charge in [-0.05, 0) is 0 Å². The van der Waals surface area contributed by atoms with E-state index >= 15 is 0 Å². The maximum absolute atomic E-state index is 11.1. The second-order valence-corrected chi connectivity index (χ2v) is 2.98. The zero-order chi connectivity index (χ0) is 13.3. The fourth-order valence-electron chi connectivity index (χ4n) is 0.781. The molecule has 17 heavy (non-hydrogen) atoms. The molecule has 0 bridgehead atoms. The minimum absolute atomic E-state index is 0.195. The molecule has 0 aliphatic carbocycles. The van der Waals surface area contributed by atoms with Gasteiger partial charge in [0.05, 0.1) is 13.7 Å². The second kappa shape index (κ2) is 8.08. The molecule has 0 aliphatic rings. The van der Waals surface area contributed by atoms with Crippen molar-refractivity contribution in [2.24, 2.45) is 0 Å². The van der Waals surface area contributed by atoms with Crippen molar-refractivity contribution in [3.05, 3.63) is 0 Å². The van der Waals surface area contributed by atoms with Crippen molar-refractivity contribution in [3.63, 3.8) is 0 Å². The topological polar surface area (TPSA) is 114 Å². The third kappa shape index (κ3) is 7.77. The van der Waals surface area contributed by atoms with E-state index in [2.05, 4.69) is 20.7 Å². The van der Waals surface area contributed by atoms with Gasteiger partial charge in [-0.1, -0.05) is 0 Å². The van der Waals surface area contributed by atoms with E-state index in [1.54, 1.807) is 0 Å². The summed E-state index contributed by atoms with van der Waals surface area (Å²) in [5.74, 6) is -2.20. The summed E-state index contributed by atoms with van der Waals surface area (Å²) in [5.41, 5.74) is 0. The fourth-order valence-corrected chi connectivity index (χ4v) is 0.781. The maximum Gasteiger partial charge on any atom is 0.325 e. The van der Waals surface area contributed by atoms with Crippen molar-refractivity contribution < 1.29 is 23.9 Å². The third-order valence-electron chi connectivity index (χ3n) is 1.70. The molecule has 3 amide bonds. The highest BCUT2D eigenvalue weighted by Crippen LogP contribution is 1.81. The first kappa shape index (κ1) is 14.9. The summed E-state index contributed by atoms with van der Waals surface area (Å²) >= 11 is 0. The normalized spacial score (nSPS) is 9.06. The minimum atomic E-state index is -0.621. The summed E-state index contributed by atoms with van der Waals surface area (Å²) in [5, 5.41) is 6.73. The predicted molar refractivity (Wildman–Crippen MR) is 56.7 cm³/mol. The summed E-state index contributed by atoms with van der Waals surface area (Å²) < 4.78 is 4.29. The first-order chi connectivity index (χ1) is 7.99. The highest BCUT2D eigenvalue weighted by Gasteiger charge is 2.11. The zero-order valence-electron chi connectivity index (χ0n) is 9.66. The molecule has 0 radical (unpaired) electrons. The summed E-state index contributed by atoms with van der Waals surface area (Å²) in [6.07, 6.45) is -0.450. The Balaban J connectivity index is 3.77. The van der Waals surface area contributed by atoms with Crippen LogP contribution in [0.3, 0.4) is 0 Å². The summed E-state index contributed by atoms with van der Waals surface area (Å²) in [6.45, 7) is -0.488. The molecule has 0 saturated heterocycles. The lowest BCUT2D eigenvalue weighted by Gasteiger charge is -2.05. The first-order valence-electron chi connectivity index (χ1n) is 4.80. The van der Waals surface area contributed by atoms with Crippen LogP contribution in [-0.4, -0.2) is 50.9 Å². The Morgan fingerprint density at radius 2 is 1.47 bits per heavy atom. The lowest BCUT2D eigenvalue weighted by molar-refractivity contribution is -0.141. The SMILES string of the molecule is CNC(=O)CNC(=O)CC(=O)NCC(=O)OC. The number of amides is 3. The van der Waals surface area contributed by atoms with Gasteiger partial charge in [0, 0.05) is 7.05 Å². The number of carbonyl (C=O) groups is 4. The molecule has 0 aromatic carbocycles. The quantitative estimate of drug-likeness (QED) is 0.354. The number of hydrogen-bond acceptors (Lipinski definition) is 5. The minimum Gasteiger partial charge on any atom is -0.468 e. The van der Waals surface area contributed by atoms with Gasteiger partial charge in [-0.3, -0.25) is 19.2 Å². The Morgan fingerprint density at radius 3 is 1.94 bits per heavy atom. The maximum atomic E-state index is 11.1. The number of hydrogen-bond donors (Lipinski definition) is 3. The summed E-state index contributed by atoms with van der Waals surface area (Å²) in [6, 6.07) is 0. The molecule has 0 aliphatic heterocycles.